The smallest absolute Gasteiger partial charge is 0.224 e. The number of fused-ring (bicyclic) bond motifs is 1. The minimum atomic E-state index is -0.322. The van der Waals surface area contributed by atoms with Crippen molar-refractivity contribution in [2.45, 2.75) is 19.4 Å². The molecule has 148 valence electrons. The number of carbonyl (C=O) groups excluding carboxylic acids is 1. The van der Waals surface area contributed by atoms with E-state index in [1.807, 2.05) is 42.5 Å². The summed E-state index contributed by atoms with van der Waals surface area (Å²) in [6.45, 7) is 0.920. The molecule has 29 heavy (non-hydrogen) atoms. The predicted molar refractivity (Wildman–Crippen MR) is 109 cm³/mol. The van der Waals surface area contributed by atoms with E-state index in [1.165, 1.54) is 12.1 Å². The molecule has 5 heteroatoms. The zero-order chi connectivity index (χ0) is 20.1. The molecular weight excluding hydrogens is 369 g/mol. The van der Waals surface area contributed by atoms with Crippen LogP contribution >= 0.6 is 0 Å². The van der Waals surface area contributed by atoms with E-state index in [0.29, 0.717) is 37.3 Å². The first kappa shape index (κ1) is 19.2. The van der Waals surface area contributed by atoms with Crippen LogP contribution in [0.4, 0.5) is 4.39 Å². The van der Waals surface area contributed by atoms with E-state index in [9.17, 15) is 9.18 Å². The van der Waals surface area contributed by atoms with Gasteiger partial charge in [-0.2, -0.15) is 0 Å². The topological polar surface area (TPSA) is 47.6 Å². The van der Waals surface area contributed by atoms with E-state index < -0.39 is 0 Å². The van der Waals surface area contributed by atoms with Gasteiger partial charge in [-0.05, 0) is 40.8 Å². The fourth-order valence-electron chi connectivity index (χ4n) is 3.47. The maximum Gasteiger partial charge on any atom is 0.224 e. The largest absolute Gasteiger partial charge is 0.467 e. The number of halogens is 1. The van der Waals surface area contributed by atoms with Crippen LogP contribution in [0.25, 0.3) is 11.1 Å². The van der Waals surface area contributed by atoms with E-state index in [-0.39, 0.29) is 18.5 Å². The molecule has 0 saturated heterocycles. The van der Waals surface area contributed by atoms with Crippen LogP contribution in [0.1, 0.15) is 16.7 Å². The fraction of sp³-hybridized carbons (Fsp3) is 0.208. The van der Waals surface area contributed by atoms with Crippen molar-refractivity contribution in [3.8, 4) is 16.9 Å². The van der Waals surface area contributed by atoms with E-state index in [1.54, 1.807) is 0 Å². The highest BCUT2D eigenvalue weighted by Gasteiger charge is 2.17. The number of hydrogen-bond acceptors (Lipinski definition) is 3. The Morgan fingerprint density at radius 3 is 2.55 bits per heavy atom. The highest BCUT2D eigenvalue weighted by atomic mass is 19.1. The first-order chi connectivity index (χ1) is 14.2. The molecule has 3 aromatic rings. The summed E-state index contributed by atoms with van der Waals surface area (Å²) in [7, 11) is 0. The summed E-state index contributed by atoms with van der Waals surface area (Å²) in [5.41, 5.74) is 4.67. The molecular formula is C24H22FNO3. The fourth-order valence-corrected chi connectivity index (χ4v) is 3.47. The molecule has 0 atom stereocenters. The van der Waals surface area contributed by atoms with E-state index in [0.717, 1.165) is 22.3 Å². The summed E-state index contributed by atoms with van der Waals surface area (Å²) >= 11 is 0. The Hall–Kier alpha value is -3.18. The average molecular weight is 391 g/mol. The second-order valence-electron chi connectivity index (χ2n) is 7.00. The Balaban J connectivity index is 1.31. The third-order valence-corrected chi connectivity index (χ3v) is 4.89. The lowest BCUT2D eigenvalue weighted by Gasteiger charge is -2.21. The van der Waals surface area contributed by atoms with Crippen LogP contribution in [0.15, 0.2) is 66.7 Å². The van der Waals surface area contributed by atoms with Crippen LogP contribution in [0, 0.1) is 5.82 Å². The highest BCUT2D eigenvalue weighted by molar-refractivity contribution is 5.78. The molecule has 0 fully saturated rings. The zero-order valence-corrected chi connectivity index (χ0v) is 16.0. The lowest BCUT2D eigenvalue weighted by atomic mass is 10.0. The van der Waals surface area contributed by atoms with Crippen LogP contribution in [0.3, 0.4) is 0 Å². The van der Waals surface area contributed by atoms with Gasteiger partial charge in [-0.3, -0.25) is 4.79 Å². The number of hydrogen-bond donors (Lipinski definition) is 1. The third kappa shape index (κ3) is 4.81. The minimum Gasteiger partial charge on any atom is -0.467 e. The molecule has 0 unspecified atom stereocenters. The minimum absolute atomic E-state index is 0.0630. The Labute approximate surface area is 169 Å². The lowest BCUT2D eigenvalue weighted by Crippen LogP contribution is -2.27. The molecule has 0 bridgehead atoms. The number of nitrogens with one attached hydrogen (secondary N) is 1. The lowest BCUT2D eigenvalue weighted by molar-refractivity contribution is -0.120. The van der Waals surface area contributed by atoms with E-state index >= 15 is 0 Å². The van der Waals surface area contributed by atoms with Gasteiger partial charge in [0.05, 0.1) is 13.0 Å². The van der Waals surface area contributed by atoms with Gasteiger partial charge in [0.25, 0.3) is 0 Å². The Bertz CT molecular complexity index is 987. The molecule has 1 N–H and O–H groups in total. The van der Waals surface area contributed by atoms with Crippen molar-refractivity contribution in [1.29, 1.82) is 0 Å². The van der Waals surface area contributed by atoms with Gasteiger partial charge >= 0.3 is 0 Å². The van der Waals surface area contributed by atoms with Crippen molar-refractivity contribution in [2.24, 2.45) is 0 Å². The van der Waals surface area contributed by atoms with Crippen molar-refractivity contribution in [1.82, 2.24) is 5.32 Å². The van der Waals surface area contributed by atoms with Crippen molar-refractivity contribution in [2.75, 3.05) is 13.3 Å². The summed E-state index contributed by atoms with van der Waals surface area (Å²) in [5.74, 6) is 0.285. The Morgan fingerprint density at radius 1 is 1.00 bits per heavy atom. The molecule has 0 saturated carbocycles. The number of benzene rings is 3. The normalized spacial score (nSPS) is 12.7. The molecule has 3 aromatic carbocycles. The monoisotopic (exact) mass is 391 g/mol. The van der Waals surface area contributed by atoms with Crippen LogP contribution in [0.2, 0.25) is 0 Å². The van der Waals surface area contributed by atoms with Crippen molar-refractivity contribution < 1.29 is 18.7 Å². The molecule has 1 aliphatic rings. The standard InChI is InChI=1S/C24H22FNO3/c25-22-13-20(24-21(14-22)15-28-16-29-24)10-11-26-23(27)12-17-6-8-19(9-7-17)18-4-2-1-3-5-18/h1-9,13-14H,10-12,15-16H2,(H,26,27). The SMILES string of the molecule is O=C(Cc1ccc(-c2ccccc2)cc1)NCCc1cc(F)cc2c1OCOC2. The molecule has 1 aliphatic heterocycles. The Morgan fingerprint density at radius 2 is 1.76 bits per heavy atom. The first-order valence-electron chi connectivity index (χ1n) is 9.62. The number of amides is 1. The summed E-state index contributed by atoms with van der Waals surface area (Å²) < 4.78 is 24.5. The van der Waals surface area contributed by atoms with Gasteiger partial charge < -0.3 is 14.8 Å². The number of carbonyl (C=O) groups is 1. The molecule has 0 aromatic heterocycles. The summed E-state index contributed by atoms with van der Waals surface area (Å²) in [5, 5.41) is 2.90. The Kier molecular flexibility index (Phi) is 5.86. The molecule has 0 aliphatic carbocycles. The second kappa shape index (κ2) is 8.88. The molecule has 1 heterocycles. The van der Waals surface area contributed by atoms with Crippen molar-refractivity contribution in [3.05, 3.63) is 89.2 Å². The number of rotatable bonds is 6. The maximum atomic E-state index is 13.8. The highest BCUT2D eigenvalue weighted by Crippen LogP contribution is 2.29. The van der Waals surface area contributed by atoms with Gasteiger partial charge in [0.15, 0.2) is 6.79 Å². The van der Waals surface area contributed by atoms with Crippen LogP contribution in [0.5, 0.6) is 5.75 Å². The molecule has 4 nitrogen and oxygen atoms in total. The molecule has 1 amide bonds. The molecule has 4 rings (SSSR count). The zero-order valence-electron chi connectivity index (χ0n) is 16.0. The second-order valence-corrected chi connectivity index (χ2v) is 7.00. The summed E-state index contributed by atoms with van der Waals surface area (Å²) in [4.78, 5) is 12.3. The van der Waals surface area contributed by atoms with Gasteiger partial charge in [0.1, 0.15) is 11.6 Å². The van der Waals surface area contributed by atoms with Crippen LogP contribution in [-0.4, -0.2) is 19.2 Å². The molecule has 0 radical (unpaired) electrons. The predicted octanol–water partition coefficient (Wildman–Crippen LogP) is 4.26. The third-order valence-electron chi connectivity index (χ3n) is 4.89. The van der Waals surface area contributed by atoms with Crippen LogP contribution in [-0.2, 0) is 29.0 Å². The van der Waals surface area contributed by atoms with Gasteiger partial charge in [-0.1, -0.05) is 54.6 Å². The summed E-state index contributed by atoms with van der Waals surface area (Å²) in [6.07, 6.45) is 0.805. The van der Waals surface area contributed by atoms with Gasteiger partial charge in [-0.15, -0.1) is 0 Å². The average Bonchev–Trinajstić information content (AvgIpc) is 2.75. The van der Waals surface area contributed by atoms with Crippen molar-refractivity contribution >= 4 is 5.91 Å². The first-order valence-corrected chi connectivity index (χ1v) is 9.62. The quantitative estimate of drug-likeness (QED) is 0.683. The summed E-state index contributed by atoms with van der Waals surface area (Å²) in [6, 6.07) is 21.0. The molecule has 0 spiro atoms. The van der Waals surface area contributed by atoms with E-state index in [4.69, 9.17) is 9.47 Å². The van der Waals surface area contributed by atoms with Crippen molar-refractivity contribution in [3.63, 3.8) is 0 Å². The van der Waals surface area contributed by atoms with E-state index in [2.05, 4.69) is 17.4 Å². The van der Waals surface area contributed by atoms with Gasteiger partial charge in [0.2, 0.25) is 5.91 Å². The van der Waals surface area contributed by atoms with Gasteiger partial charge in [-0.25, -0.2) is 4.39 Å². The van der Waals surface area contributed by atoms with Crippen LogP contribution < -0.4 is 10.1 Å². The van der Waals surface area contributed by atoms with Gasteiger partial charge in [0, 0.05) is 12.1 Å². The maximum absolute atomic E-state index is 13.8. The number of ether oxygens (including phenoxy) is 2.